The number of hydrogen-bond donors (Lipinski definition) is 2. The molecular weight excluding hydrogens is 232 g/mol. The van der Waals surface area contributed by atoms with Gasteiger partial charge in [-0.05, 0) is 13.3 Å². The summed E-state index contributed by atoms with van der Waals surface area (Å²) < 4.78 is 5.16. The first-order valence-electron chi connectivity index (χ1n) is 6.39. The molecule has 1 unspecified atom stereocenters. The third kappa shape index (κ3) is 3.57. The molecule has 1 aromatic rings. The van der Waals surface area contributed by atoms with Crippen molar-refractivity contribution in [3.8, 4) is 0 Å². The molecule has 1 rings (SSSR count). The van der Waals surface area contributed by atoms with Gasteiger partial charge >= 0.3 is 0 Å². The molecule has 2 N–H and O–H groups in total. The van der Waals surface area contributed by atoms with E-state index in [-0.39, 0.29) is 18.4 Å². The summed E-state index contributed by atoms with van der Waals surface area (Å²) in [5.74, 6) is 0.468. The summed E-state index contributed by atoms with van der Waals surface area (Å²) in [6.07, 6.45) is 1.07. The molecule has 0 saturated heterocycles. The van der Waals surface area contributed by atoms with Crippen molar-refractivity contribution in [3.63, 3.8) is 0 Å². The Morgan fingerprint density at radius 3 is 2.72 bits per heavy atom. The second-order valence-electron chi connectivity index (χ2n) is 4.81. The van der Waals surface area contributed by atoms with E-state index < -0.39 is 6.10 Å². The molecule has 1 amide bonds. The first-order chi connectivity index (χ1) is 8.47. The maximum Gasteiger partial charge on any atom is 0.256 e. The van der Waals surface area contributed by atoms with E-state index in [9.17, 15) is 9.90 Å². The molecule has 0 fully saturated rings. The molecule has 5 nitrogen and oxygen atoms in total. The number of nitrogens with one attached hydrogen (secondary N) is 1. The lowest BCUT2D eigenvalue weighted by molar-refractivity contribution is 0.0907. The minimum atomic E-state index is -0.499. The predicted molar refractivity (Wildman–Crippen MR) is 68.6 cm³/mol. The summed E-state index contributed by atoms with van der Waals surface area (Å²) in [6.45, 7) is 7.89. The molecular formula is C13H22N2O3. The summed E-state index contributed by atoms with van der Waals surface area (Å²) >= 11 is 0. The number of amides is 1. The van der Waals surface area contributed by atoms with E-state index in [0.717, 1.165) is 6.42 Å². The highest BCUT2D eigenvalue weighted by atomic mass is 16.5. The van der Waals surface area contributed by atoms with Gasteiger partial charge in [0.05, 0.1) is 11.8 Å². The van der Waals surface area contributed by atoms with Gasteiger partial charge < -0.3 is 14.9 Å². The molecule has 0 aliphatic rings. The Morgan fingerprint density at radius 2 is 2.17 bits per heavy atom. The van der Waals surface area contributed by atoms with Gasteiger partial charge in [0.2, 0.25) is 0 Å². The molecule has 102 valence electrons. The van der Waals surface area contributed by atoms with Crippen molar-refractivity contribution in [1.82, 2.24) is 10.5 Å². The van der Waals surface area contributed by atoms with Gasteiger partial charge in [0.1, 0.15) is 5.56 Å². The van der Waals surface area contributed by atoms with Crippen LogP contribution in [0, 0.1) is 6.92 Å². The average Bonchev–Trinajstić information content (AvgIpc) is 2.68. The monoisotopic (exact) mass is 254 g/mol. The number of carbonyl (C=O) groups is 1. The van der Waals surface area contributed by atoms with Gasteiger partial charge in [-0.2, -0.15) is 0 Å². The van der Waals surface area contributed by atoms with Crippen molar-refractivity contribution in [2.75, 3.05) is 6.54 Å². The highest BCUT2D eigenvalue weighted by molar-refractivity contribution is 5.96. The lowest BCUT2D eigenvalue weighted by Crippen LogP contribution is -2.32. The minimum Gasteiger partial charge on any atom is -0.391 e. The number of aromatic nitrogens is 1. The van der Waals surface area contributed by atoms with E-state index >= 15 is 0 Å². The summed E-state index contributed by atoms with van der Waals surface area (Å²) in [5, 5.41) is 16.1. The quantitative estimate of drug-likeness (QED) is 0.814. The Bertz CT molecular complexity index is 399. The Balaban J connectivity index is 2.69. The van der Waals surface area contributed by atoms with E-state index in [2.05, 4.69) is 10.5 Å². The average molecular weight is 254 g/mol. The molecule has 0 aliphatic carbocycles. The van der Waals surface area contributed by atoms with Gasteiger partial charge in [0.15, 0.2) is 5.76 Å². The molecule has 0 radical (unpaired) electrons. The van der Waals surface area contributed by atoms with Crippen molar-refractivity contribution in [1.29, 1.82) is 0 Å². The van der Waals surface area contributed by atoms with Crippen LogP contribution in [0.3, 0.4) is 0 Å². The zero-order valence-electron chi connectivity index (χ0n) is 11.5. The molecule has 1 atom stereocenters. The molecule has 0 aliphatic heterocycles. The summed E-state index contributed by atoms with van der Waals surface area (Å²) in [5.41, 5.74) is 1.08. The van der Waals surface area contributed by atoms with Crippen LogP contribution in [0.4, 0.5) is 0 Å². The number of carbonyl (C=O) groups excluding carboxylic acids is 1. The van der Waals surface area contributed by atoms with Crippen LogP contribution < -0.4 is 5.32 Å². The van der Waals surface area contributed by atoms with Gasteiger partial charge in [-0.25, -0.2) is 0 Å². The molecule has 0 aromatic carbocycles. The maximum atomic E-state index is 12.0. The fourth-order valence-corrected chi connectivity index (χ4v) is 1.79. The number of hydrogen-bond acceptors (Lipinski definition) is 4. The summed E-state index contributed by atoms with van der Waals surface area (Å²) in [4.78, 5) is 12.0. The second kappa shape index (κ2) is 6.54. The van der Waals surface area contributed by atoms with E-state index in [4.69, 9.17) is 4.52 Å². The zero-order valence-corrected chi connectivity index (χ0v) is 11.5. The van der Waals surface area contributed by atoms with Gasteiger partial charge in [0.25, 0.3) is 5.91 Å². The minimum absolute atomic E-state index is 0.104. The van der Waals surface area contributed by atoms with Gasteiger partial charge in [-0.1, -0.05) is 32.3 Å². The smallest absolute Gasteiger partial charge is 0.256 e. The first kappa shape index (κ1) is 14.7. The van der Waals surface area contributed by atoms with E-state index in [1.54, 1.807) is 6.92 Å². The van der Waals surface area contributed by atoms with Crippen LogP contribution in [0.2, 0.25) is 0 Å². The van der Waals surface area contributed by atoms with Crippen LogP contribution in [0.5, 0.6) is 0 Å². The highest BCUT2D eigenvalue weighted by Crippen LogP contribution is 2.21. The number of aliphatic hydroxyl groups excluding tert-OH is 1. The van der Waals surface area contributed by atoms with Crippen molar-refractivity contribution in [3.05, 3.63) is 17.0 Å². The lowest BCUT2D eigenvalue weighted by Gasteiger charge is -2.11. The second-order valence-corrected chi connectivity index (χ2v) is 4.81. The topological polar surface area (TPSA) is 75.4 Å². The molecule has 0 spiro atoms. The summed E-state index contributed by atoms with van der Waals surface area (Å²) in [7, 11) is 0. The molecule has 5 heteroatoms. The first-order valence-corrected chi connectivity index (χ1v) is 6.39. The highest BCUT2D eigenvalue weighted by Gasteiger charge is 2.22. The van der Waals surface area contributed by atoms with Crippen molar-refractivity contribution >= 4 is 5.91 Å². The number of rotatable bonds is 6. The Hall–Kier alpha value is -1.36. The van der Waals surface area contributed by atoms with Gasteiger partial charge in [-0.15, -0.1) is 0 Å². The molecule has 0 bridgehead atoms. The lowest BCUT2D eigenvalue weighted by atomic mass is 10.0. The molecule has 1 heterocycles. The van der Waals surface area contributed by atoms with Gasteiger partial charge in [0, 0.05) is 12.5 Å². The predicted octanol–water partition coefficient (Wildman–Crippen LogP) is 2.00. The molecule has 1 aromatic heterocycles. The Morgan fingerprint density at radius 1 is 1.50 bits per heavy atom. The van der Waals surface area contributed by atoms with Crippen LogP contribution in [-0.4, -0.2) is 28.8 Å². The third-order valence-electron chi connectivity index (χ3n) is 2.76. The number of aryl methyl sites for hydroxylation is 1. The van der Waals surface area contributed by atoms with Crippen LogP contribution >= 0.6 is 0 Å². The van der Waals surface area contributed by atoms with Crippen molar-refractivity contribution in [2.45, 2.75) is 52.6 Å². The standard InChI is InChI=1S/C13H22N2O3/c1-5-6-10(16)7-14-13(17)11-9(4)15-18-12(11)8(2)3/h8,10,16H,5-7H2,1-4H3,(H,14,17). The van der Waals surface area contributed by atoms with E-state index in [1.807, 2.05) is 20.8 Å². The fraction of sp³-hybridized carbons (Fsp3) is 0.692. The van der Waals surface area contributed by atoms with Crippen molar-refractivity contribution in [2.24, 2.45) is 0 Å². The van der Waals surface area contributed by atoms with E-state index in [0.29, 0.717) is 23.4 Å². The molecule has 18 heavy (non-hydrogen) atoms. The van der Waals surface area contributed by atoms with Crippen molar-refractivity contribution < 1.29 is 14.4 Å². The normalized spacial score (nSPS) is 12.8. The SMILES string of the molecule is CCCC(O)CNC(=O)c1c(C)noc1C(C)C. The fourth-order valence-electron chi connectivity index (χ4n) is 1.79. The largest absolute Gasteiger partial charge is 0.391 e. The van der Waals surface area contributed by atoms with Gasteiger partial charge in [-0.3, -0.25) is 4.79 Å². The summed E-state index contributed by atoms with van der Waals surface area (Å²) in [6, 6.07) is 0. The van der Waals surface area contributed by atoms with Crippen LogP contribution in [-0.2, 0) is 0 Å². The number of nitrogens with zero attached hydrogens (tertiary/aromatic N) is 1. The Labute approximate surface area is 108 Å². The molecule has 0 saturated carbocycles. The van der Waals surface area contributed by atoms with E-state index in [1.165, 1.54) is 0 Å². The third-order valence-corrected chi connectivity index (χ3v) is 2.76. The van der Waals surface area contributed by atoms with Crippen LogP contribution in [0.1, 0.15) is 61.3 Å². The Kier molecular flexibility index (Phi) is 5.34. The van der Waals surface area contributed by atoms with Crippen LogP contribution in [0.15, 0.2) is 4.52 Å². The zero-order chi connectivity index (χ0) is 13.7. The maximum absolute atomic E-state index is 12.0. The number of aliphatic hydroxyl groups is 1. The van der Waals surface area contributed by atoms with Crippen LogP contribution in [0.25, 0.3) is 0 Å².